The van der Waals surface area contributed by atoms with Gasteiger partial charge >= 0.3 is 5.97 Å². The van der Waals surface area contributed by atoms with Gasteiger partial charge in [-0.3, -0.25) is 9.59 Å². The summed E-state index contributed by atoms with van der Waals surface area (Å²) < 4.78 is 4.55. The fourth-order valence-corrected chi connectivity index (χ4v) is 1.17. The van der Waals surface area contributed by atoms with Crippen molar-refractivity contribution in [2.75, 3.05) is 13.7 Å². The van der Waals surface area contributed by atoms with Gasteiger partial charge in [-0.1, -0.05) is 0 Å². The van der Waals surface area contributed by atoms with Crippen molar-refractivity contribution in [1.29, 1.82) is 0 Å². The van der Waals surface area contributed by atoms with Crippen molar-refractivity contribution < 1.29 is 14.3 Å². The van der Waals surface area contributed by atoms with Crippen LogP contribution in [0.5, 0.6) is 0 Å². The van der Waals surface area contributed by atoms with E-state index < -0.39 is 11.4 Å². The van der Waals surface area contributed by atoms with Crippen LogP contribution in [0.4, 0.5) is 0 Å². The molecule has 68 valence electrons. The number of esters is 1. The fourth-order valence-electron chi connectivity index (χ4n) is 1.17. The Morgan fingerprint density at radius 3 is 2.42 bits per heavy atom. The molecule has 1 saturated carbocycles. The Morgan fingerprint density at radius 1 is 1.50 bits per heavy atom. The molecule has 4 heteroatoms. The van der Waals surface area contributed by atoms with Crippen molar-refractivity contribution in [3.63, 3.8) is 0 Å². The average molecular weight is 171 g/mol. The average Bonchev–Trinajstić information content (AvgIpc) is 2.84. The number of ether oxygens (including phenoxy) is 1. The summed E-state index contributed by atoms with van der Waals surface area (Å²) in [4.78, 5) is 22.4. The van der Waals surface area contributed by atoms with Gasteiger partial charge in [0.2, 0.25) is 5.91 Å². The molecule has 0 aliphatic heterocycles. The number of hydrogen-bond donors (Lipinski definition) is 1. The van der Waals surface area contributed by atoms with Gasteiger partial charge in [-0.25, -0.2) is 0 Å². The summed E-state index contributed by atoms with van der Waals surface area (Å²) in [5.41, 5.74) is -0.843. The molecule has 1 amide bonds. The van der Waals surface area contributed by atoms with Gasteiger partial charge in [-0.15, -0.1) is 0 Å². The highest BCUT2D eigenvalue weighted by molar-refractivity contribution is 6.05. The van der Waals surface area contributed by atoms with E-state index in [2.05, 4.69) is 10.1 Å². The molecule has 0 aromatic rings. The van der Waals surface area contributed by atoms with E-state index in [1.807, 2.05) is 6.92 Å². The van der Waals surface area contributed by atoms with Crippen molar-refractivity contribution in [1.82, 2.24) is 5.32 Å². The van der Waals surface area contributed by atoms with Gasteiger partial charge in [0.15, 0.2) is 0 Å². The molecule has 0 unspecified atom stereocenters. The third-order valence-electron chi connectivity index (χ3n) is 2.10. The molecule has 0 aromatic carbocycles. The van der Waals surface area contributed by atoms with Gasteiger partial charge in [0, 0.05) is 6.54 Å². The van der Waals surface area contributed by atoms with E-state index in [9.17, 15) is 9.59 Å². The molecule has 0 radical (unpaired) electrons. The largest absolute Gasteiger partial charge is 0.468 e. The lowest BCUT2D eigenvalue weighted by molar-refractivity contribution is -0.152. The van der Waals surface area contributed by atoms with Gasteiger partial charge < -0.3 is 10.1 Å². The normalized spacial score (nSPS) is 18.2. The second-order valence-corrected chi connectivity index (χ2v) is 2.93. The highest BCUT2D eigenvalue weighted by Gasteiger charge is 2.57. The van der Waals surface area contributed by atoms with E-state index >= 15 is 0 Å². The molecule has 1 aliphatic rings. The molecule has 1 fully saturated rings. The second kappa shape index (κ2) is 3.13. The van der Waals surface area contributed by atoms with E-state index in [0.29, 0.717) is 19.4 Å². The van der Waals surface area contributed by atoms with Crippen molar-refractivity contribution in [3.05, 3.63) is 0 Å². The molecule has 0 aromatic heterocycles. The van der Waals surface area contributed by atoms with Crippen molar-refractivity contribution in [3.8, 4) is 0 Å². The molecule has 4 nitrogen and oxygen atoms in total. The zero-order chi connectivity index (χ0) is 9.19. The number of methoxy groups -OCH3 is 1. The summed E-state index contributed by atoms with van der Waals surface area (Å²) in [5, 5.41) is 2.62. The third-order valence-corrected chi connectivity index (χ3v) is 2.10. The topological polar surface area (TPSA) is 55.4 Å². The van der Waals surface area contributed by atoms with Gasteiger partial charge in [-0.2, -0.15) is 0 Å². The number of amides is 1. The molecule has 0 bridgehead atoms. The maximum Gasteiger partial charge on any atom is 0.321 e. The summed E-state index contributed by atoms with van der Waals surface area (Å²) in [6.07, 6.45) is 1.23. The van der Waals surface area contributed by atoms with Crippen LogP contribution in [-0.2, 0) is 14.3 Å². The maximum atomic E-state index is 11.3. The van der Waals surface area contributed by atoms with Gasteiger partial charge in [0.05, 0.1) is 7.11 Å². The molecular formula is C8H13NO3. The first-order valence-corrected chi connectivity index (χ1v) is 4.04. The van der Waals surface area contributed by atoms with Gasteiger partial charge in [-0.05, 0) is 19.8 Å². The van der Waals surface area contributed by atoms with Crippen LogP contribution in [0.15, 0.2) is 0 Å². The Bertz CT molecular complexity index is 208. The first kappa shape index (κ1) is 9.03. The molecule has 0 atom stereocenters. The summed E-state index contributed by atoms with van der Waals surface area (Å²) in [7, 11) is 1.31. The Balaban J connectivity index is 2.60. The van der Waals surface area contributed by atoms with Crippen LogP contribution in [0.1, 0.15) is 19.8 Å². The predicted octanol–water partition coefficient (Wildman–Crippen LogP) is 0.0757. The molecule has 1 rings (SSSR count). The number of nitrogens with one attached hydrogen (secondary N) is 1. The van der Waals surface area contributed by atoms with Crippen LogP contribution < -0.4 is 5.32 Å². The molecule has 1 N–H and O–H groups in total. The lowest BCUT2D eigenvalue weighted by Gasteiger charge is -2.10. The molecule has 0 spiro atoms. The summed E-state index contributed by atoms with van der Waals surface area (Å²) >= 11 is 0. The first-order chi connectivity index (χ1) is 5.67. The highest BCUT2D eigenvalue weighted by atomic mass is 16.5. The standard InChI is InChI=1S/C8H13NO3/c1-3-9-6(10)8(4-5-8)7(11)12-2/h3-5H2,1-2H3,(H,9,10). The predicted molar refractivity (Wildman–Crippen MR) is 42.4 cm³/mol. The van der Waals surface area contributed by atoms with Gasteiger partial charge in [0.1, 0.15) is 5.41 Å². The maximum absolute atomic E-state index is 11.3. The van der Waals surface area contributed by atoms with Crippen molar-refractivity contribution in [2.24, 2.45) is 5.41 Å². The number of carbonyl (C=O) groups excluding carboxylic acids is 2. The summed E-state index contributed by atoms with van der Waals surface area (Å²) in [5.74, 6) is -0.606. The molecular weight excluding hydrogens is 158 g/mol. The number of rotatable bonds is 3. The fraction of sp³-hybridized carbons (Fsp3) is 0.750. The van der Waals surface area contributed by atoms with E-state index in [1.165, 1.54) is 7.11 Å². The molecule has 0 saturated heterocycles. The zero-order valence-corrected chi connectivity index (χ0v) is 7.35. The Hall–Kier alpha value is -1.06. The third kappa shape index (κ3) is 1.29. The van der Waals surface area contributed by atoms with Crippen LogP contribution in [0.25, 0.3) is 0 Å². The molecule has 12 heavy (non-hydrogen) atoms. The van der Waals surface area contributed by atoms with E-state index in [-0.39, 0.29) is 5.91 Å². The van der Waals surface area contributed by atoms with Crippen LogP contribution in [0.2, 0.25) is 0 Å². The van der Waals surface area contributed by atoms with Crippen LogP contribution in [0, 0.1) is 5.41 Å². The van der Waals surface area contributed by atoms with Crippen LogP contribution >= 0.6 is 0 Å². The number of carbonyl (C=O) groups is 2. The quantitative estimate of drug-likeness (QED) is 0.483. The monoisotopic (exact) mass is 171 g/mol. The first-order valence-electron chi connectivity index (χ1n) is 4.04. The Morgan fingerprint density at radius 2 is 2.08 bits per heavy atom. The minimum absolute atomic E-state index is 0.197. The van der Waals surface area contributed by atoms with Crippen molar-refractivity contribution >= 4 is 11.9 Å². The Labute approximate surface area is 71.3 Å². The minimum Gasteiger partial charge on any atom is -0.468 e. The molecule has 0 heterocycles. The van der Waals surface area contributed by atoms with Gasteiger partial charge in [0.25, 0.3) is 0 Å². The highest BCUT2D eigenvalue weighted by Crippen LogP contribution is 2.46. The van der Waals surface area contributed by atoms with Crippen LogP contribution in [0.3, 0.4) is 0 Å². The summed E-state index contributed by atoms with van der Waals surface area (Å²) in [6, 6.07) is 0. The van der Waals surface area contributed by atoms with Crippen molar-refractivity contribution in [2.45, 2.75) is 19.8 Å². The van der Waals surface area contributed by atoms with E-state index in [0.717, 1.165) is 0 Å². The summed E-state index contributed by atoms with van der Waals surface area (Å²) in [6.45, 7) is 2.38. The minimum atomic E-state index is -0.843. The Kier molecular flexibility index (Phi) is 2.35. The lowest BCUT2D eigenvalue weighted by atomic mass is 10.1. The van der Waals surface area contributed by atoms with E-state index in [4.69, 9.17) is 0 Å². The number of hydrogen-bond acceptors (Lipinski definition) is 3. The lowest BCUT2D eigenvalue weighted by Crippen LogP contribution is -2.37. The molecule has 1 aliphatic carbocycles. The smallest absolute Gasteiger partial charge is 0.321 e. The van der Waals surface area contributed by atoms with E-state index in [1.54, 1.807) is 0 Å². The zero-order valence-electron chi connectivity index (χ0n) is 7.35. The SMILES string of the molecule is CCNC(=O)C1(C(=O)OC)CC1. The second-order valence-electron chi connectivity index (χ2n) is 2.93. The van der Waals surface area contributed by atoms with Crippen LogP contribution in [-0.4, -0.2) is 25.5 Å².